The molecule has 18 heavy (non-hydrogen) atoms. The number of likely N-dealkylation sites (tertiary alicyclic amines) is 1. The number of rotatable bonds is 2. The Hall–Kier alpha value is -1.31. The summed E-state index contributed by atoms with van der Waals surface area (Å²) in [7, 11) is 0. The van der Waals surface area contributed by atoms with E-state index in [9.17, 15) is 4.79 Å². The van der Waals surface area contributed by atoms with E-state index in [1.165, 1.54) is 12.0 Å². The van der Waals surface area contributed by atoms with Gasteiger partial charge in [-0.15, -0.1) is 0 Å². The quantitative estimate of drug-likeness (QED) is 0.782. The van der Waals surface area contributed by atoms with E-state index in [1.807, 2.05) is 0 Å². The summed E-state index contributed by atoms with van der Waals surface area (Å²) >= 11 is 0. The second-order valence-corrected chi connectivity index (χ2v) is 5.87. The molecular weight excluding hydrogens is 222 g/mol. The van der Waals surface area contributed by atoms with Crippen molar-refractivity contribution in [3.8, 4) is 0 Å². The Balaban J connectivity index is 1.70. The van der Waals surface area contributed by atoms with E-state index in [-0.39, 0.29) is 0 Å². The molecule has 2 atom stereocenters. The zero-order valence-electron chi connectivity index (χ0n) is 11.0. The van der Waals surface area contributed by atoms with Crippen molar-refractivity contribution >= 4 is 5.91 Å². The van der Waals surface area contributed by atoms with Crippen LogP contribution < -0.4 is 0 Å². The summed E-state index contributed by atoms with van der Waals surface area (Å²) in [5.41, 5.74) is 1.38. The highest BCUT2D eigenvalue weighted by molar-refractivity contribution is 5.80. The van der Waals surface area contributed by atoms with E-state index in [1.54, 1.807) is 0 Å². The molecule has 1 aromatic rings. The maximum atomic E-state index is 12.3. The Morgan fingerprint density at radius 1 is 1.17 bits per heavy atom. The van der Waals surface area contributed by atoms with Crippen molar-refractivity contribution < 1.29 is 4.79 Å². The van der Waals surface area contributed by atoms with Gasteiger partial charge in [0.25, 0.3) is 0 Å². The topological polar surface area (TPSA) is 20.3 Å². The first-order valence-corrected chi connectivity index (χ1v) is 7.09. The largest absolute Gasteiger partial charge is 0.342 e. The lowest BCUT2D eigenvalue weighted by Crippen LogP contribution is -2.37. The molecule has 96 valence electrons. The molecule has 1 amide bonds. The van der Waals surface area contributed by atoms with Gasteiger partial charge in [0, 0.05) is 24.9 Å². The van der Waals surface area contributed by atoms with Gasteiger partial charge in [0.15, 0.2) is 0 Å². The lowest BCUT2D eigenvalue weighted by Gasteiger charge is -2.29. The van der Waals surface area contributed by atoms with Crippen molar-refractivity contribution in [3.05, 3.63) is 35.9 Å². The Kier molecular flexibility index (Phi) is 3.11. The summed E-state index contributed by atoms with van der Waals surface area (Å²) in [6, 6.07) is 10.6. The summed E-state index contributed by atoms with van der Waals surface area (Å²) in [5, 5.41) is 0. The molecule has 0 spiro atoms. The van der Waals surface area contributed by atoms with Crippen LogP contribution in [0.1, 0.15) is 37.7 Å². The van der Waals surface area contributed by atoms with E-state index in [0.717, 1.165) is 25.9 Å². The molecule has 0 bridgehead atoms. The van der Waals surface area contributed by atoms with E-state index in [0.29, 0.717) is 23.7 Å². The third kappa shape index (κ3) is 2.05. The molecule has 1 saturated heterocycles. The third-order valence-corrected chi connectivity index (χ3v) is 4.61. The van der Waals surface area contributed by atoms with Crippen LogP contribution >= 0.6 is 0 Å². The van der Waals surface area contributed by atoms with Crippen LogP contribution in [0.4, 0.5) is 0 Å². The summed E-state index contributed by atoms with van der Waals surface area (Å²) in [4.78, 5) is 14.4. The molecule has 2 aliphatic rings. The van der Waals surface area contributed by atoms with Gasteiger partial charge in [0.1, 0.15) is 0 Å². The van der Waals surface area contributed by atoms with E-state index >= 15 is 0 Å². The van der Waals surface area contributed by atoms with Gasteiger partial charge in [-0.3, -0.25) is 4.79 Å². The Morgan fingerprint density at radius 3 is 2.50 bits per heavy atom. The molecular formula is C16H21NO. The first-order valence-electron chi connectivity index (χ1n) is 7.09. The molecule has 2 unspecified atom stereocenters. The van der Waals surface area contributed by atoms with Gasteiger partial charge in [0.2, 0.25) is 5.91 Å². The van der Waals surface area contributed by atoms with Crippen molar-refractivity contribution in [2.24, 2.45) is 11.8 Å². The first-order chi connectivity index (χ1) is 8.75. The van der Waals surface area contributed by atoms with Gasteiger partial charge in [-0.05, 0) is 24.3 Å². The molecule has 1 heterocycles. The van der Waals surface area contributed by atoms with Gasteiger partial charge in [-0.2, -0.15) is 0 Å². The highest BCUT2D eigenvalue weighted by Gasteiger charge is 2.37. The van der Waals surface area contributed by atoms with Gasteiger partial charge in [-0.1, -0.05) is 43.7 Å². The number of carbonyl (C=O) groups is 1. The van der Waals surface area contributed by atoms with Crippen LogP contribution in [-0.4, -0.2) is 23.9 Å². The lowest BCUT2D eigenvalue weighted by molar-refractivity contribution is -0.137. The van der Waals surface area contributed by atoms with E-state index in [2.05, 4.69) is 42.2 Å². The number of nitrogens with zero attached hydrogens (tertiary/aromatic N) is 1. The SMILES string of the molecule is CC1CN(C(=O)C2CCC2)CC1c1ccccc1. The molecule has 0 radical (unpaired) electrons. The average Bonchev–Trinajstić information content (AvgIpc) is 2.70. The van der Waals surface area contributed by atoms with Crippen LogP contribution in [0.3, 0.4) is 0 Å². The molecule has 2 nitrogen and oxygen atoms in total. The normalized spacial score (nSPS) is 28.2. The molecule has 1 aliphatic carbocycles. The second-order valence-electron chi connectivity index (χ2n) is 5.87. The smallest absolute Gasteiger partial charge is 0.225 e. The summed E-state index contributed by atoms with van der Waals surface area (Å²) in [6.07, 6.45) is 3.46. The van der Waals surface area contributed by atoms with Crippen molar-refractivity contribution in [2.75, 3.05) is 13.1 Å². The number of hydrogen-bond acceptors (Lipinski definition) is 1. The van der Waals surface area contributed by atoms with Crippen LogP contribution in [0.25, 0.3) is 0 Å². The number of carbonyl (C=O) groups excluding carboxylic acids is 1. The van der Waals surface area contributed by atoms with Gasteiger partial charge < -0.3 is 4.90 Å². The monoisotopic (exact) mass is 243 g/mol. The predicted molar refractivity (Wildman–Crippen MR) is 72.3 cm³/mol. The van der Waals surface area contributed by atoms with Crippen molar-refractivity contribution in [2.45, 2.75) is 32.1 Å². The van der Waals surface area contributed by atoms with Crippen LogP contribution in [0.2, 0.25) is 0 Å². The fourth-order valence-corrected chi connectivity index (χ4v) is 3.19. The maximum Gasteiger partial charge on any atom is 0.225 e. The fourth-order valence-electron chi connectivity index (χ4n) is 3.19. The molecule has 0 aromatic heterocycles. The number of benzene rings is 1. The Labute approximate surface area is 109 Å². The molecule has 1 aliphatic heterocycles. The predicted octanol–water partition coefficient (Wildman–Crippen LogP) is 3.05. The highest BCUT2D eigenvalue weighted by atomic mass is 16.2. The average molecular weight is 243 g/mol. The maximum absolute atomic E-state index is 12.3. The number of amides is 1. The summed E-state index contributed by atoms with van der Waals surface area (Å²) < 4.78 is 0. The molecule has 2 fully saturated rings. The summed E-state index contributed by atoms with van der Waals surface area (Å²) in [6.45, 7) is 4.13. The molecule has 2 heteroatoms. The molecule has 3 rings (SSSR count). The zero-order chi connectivity index (χ0) is 12.5. The van der Waals surface area contributed by atoms with Crippen molar-refractivity contribution in [1.82, 2.24) is 4.90 Å². The van der Waals surface area contributed by atoms with Gasteiger partial charge >= 0.3 is 0 Å². The first kappa shape index (κ1) is 11.8. The van der Waals surface area contributed by atoms with Crippen LogP contribution in [-0.2, 0) is 4.79 Å². The van der Waals surface area contributed by atoms with Crippen molar-refractivity contribution in [1.29, 1.82) is 0 Å². The molecule has 0 N–H and O–H groups in total. The van der Waals surface area contributed by atoms with E-state index < -0.39 is 0 Å². The van der Waals surface area contributed by atoms with E-state index in [4.69, 9.17) is 0 Å². The Morgan fingerprint density at radius 2 is 1.89 bits per heavy atom. The third-order valence-electron chi connectivity index (χ3n) is 4.61. The second kappa shape index (κ2) is 4.75. The minimum absolute atomic E-state index is 0.340. The van der Waals surface area contributed by atoms with Gasteiger partial charge in [-0.25, -0.2) is 0 Å². The fraction of sp³-hybridized carbons (Fsp3) is 0.562. The summed E-state index contributed by atoms with van der Waals surface area (Å²) in [5.74, 6) is 1.85. The molecule has 1 saturated carbocycles. The standard InChI is InChI=1S/C16H21NO/c1-12-10-17(16(18)14-8-5-9-14)11-15(12)13-6-3-2-4-7-13/h2-4,6-7,12,14-15H,5,8-11H2,1H3. The van der Waals surface area contributed by atoms with Crippen LogP contribution in [0.15, 0.2) is 30.3 Å². The van der Waals surface area contributed by atoms with Gasteiger partial charge in [0.05, 0.1) is 0 Å². The lowest BCUT2D eigenvalue weighted by atomic mass is 9.84. The number of hydrogen-bond donors (Lipinski definition) is 0. The van der Waals surface area contributed by atoms with Crippen LogP contribution in [0, 0.1) is 11.8 Å². The highest BCUT2D eigenvalue weighted by Crippen LogP contribution is 2.35. The molecule has 1 aromatic carbocycles. The zero-order valence-corrected chi connectivity index (χ0v) is 11.0. The Bertz CT molecular complexity index is 424. The minimum Gasteiger partial charge on any atom is -0.342 e. The minimum atomic E-state index is 0.340. The van der Waals surface area contributed by atoms with Crippen molar-refractivity contribution in [3.63, 3.8) is 0 Å². The van der Waals surface area contributed by atoms with Crippen LogP contribution in [0.5, 0.6) is 0 Å².